The number of nitrogens with zero attached hydrogens (tertiary/aromatic N) is 5. The van der Waals surface area contributed by atoms with E-state index in [0.29, 0.717) is 5.82 Å². The van der Waals surface area contributed by atoms with Gasteiger partial charge in [-0.05, 0) is 6.08 Å². The second-order valence-electron chi connectivity index (χ2n) is 6.07. The lowest BCUT2D eigenvalue weighted by Gasteiger charge is -2.15. The second kappa shape index (κ2) is 8.27. The van der Waals surface area contributed by atoms with Crippen molar-refractivity contribution in [2.24, 2.45) is 0 Å². The Balaban J connectivity index is 1.74. The molecular weight excluding hydrogens is 487 g/mol. The molecule has 0 saturated carbocycles. The highest BCUT2D eigenvalue weighted by Gasteiger charge is 2.40. The Hall–Kier alpha value is -1.81. The molecule has 0 spiro atoms. The van der Waals surface area contributed by atoms with Crippen LogP contribution >= 0.6 is 23.2 Å². The lowest BCUT2D eigenvalue weighted by molar-refractivity contribution is -0.0313. The number of rotatable bonds is 7. The van der Waals surface area contributed by atoms with Crippen molar-refractivity contribution < 1.29 is 51.7 Å². The fourth-order valence-electron chi connectivity index (χ4n) is 2.59. The van der Waals surface area contributed by atoms with Crippen LogP contribution < -0.4 is 11.5 Å². The zero-order valence-corrected chi connectivity index (χ0v) is 17.7. The van der Waals surface area contributed by atoms with Crippen LogP contribution in [-0.4, -0.2) is 61.8 Å². The smallest absolute Gasteiger partial charge is 0.388 e. The number of phosphoric acid groups is 2. The van der Waals surface area contributed by atoms with Gasteiger partial charge in [-0.25, -0.2) is 13.4 Å². The fraction of sp³-hybridized carbons (Fsp3) is 0.400. The first-order valence-electron chi connectivity index (χ1n) is 7.96. The topological polar surface area (TPSA) is 289 Å². The van der Waals surface area contributed by atoms with Gasteiger partial charge < -0.3 is 40.9 Å². The maximum absolute atomic E-state index is 11.9. The third kappa shape index (κ3) is 5.91. The van der Waals surface area contributed by atoms with E-state index in [1.54, 1.807) is 0 Å². The van der Waals surface area contributed by atoms with Crippen LogP contribution in [0.15, 0.2) is 11.9 Å². The first-order valence-corrected chi connectivity index (χ1v) is 12.6. The average Bonchev–Trinajstić information content (AvgIpc) is 3.12. The number of hydrogen-bond acceptors (Lipinski definition) is 13. The van der Waals surface area contributed by atoms with E-state index < -0.39 is 41.7 Å². The molecule has 1 saturated heterocycles. The Morgan fingerprint density at radius 2 is 1.81 bits per heavy atom. The lowest BCUT2D eigenvalue weighted by atomic mass is 10.2. The maximum Gasteiger partial charge on any atom is 0.488 e. The molecular formula is C10H16N7O11P3. The molecule has 21 heteroatoms. The Morgan fingerprint density at radius 3 is 2.45 bits per heavy atom. The molecule has 9 N–H and O–H groups in total. The summed E-state index contributed by atoms with van der Waals surface area (Å²) in [6.45, 7) is 0. The molecule has 172 valence electrons. The fourth-order valence-corrected chi connectivity index (χ4v) is 5.87. The molecule has 2 aromatic rings. The third-order valence-electron chi connectivity index (χ3n) is 3.65. The highest BCUT2D eigenvalue weighted by Crippen LogP contribution is 2.66. The zero-order valence-electron chi connectivity index (χ0n) is 15.0. The van der Waals surface area contributed by atoms with E-state index in [1.807, 2.05) is 0 Å². The van der Waals surface area contributed by atoms with Crippen molar-refractivity contribution >= 4 is 46.2 Å². The van der Waals surface area contributed by atoms with Gasteiger partial charge >= 0.3 is 23.2 Å². The number of anilines is 2. The van der Waals surface area contributed by atoms with E-state index in [4.69, 9.17) is 30.9 Å². The number of aliphatic hydroxyl groups is 1. The van der Waals surface area contributed by atoms with Gasteiger partial charge in [-0.15, -0.1) is 5.10 Å². The molecule has 1 fully saturated rings. The van der Waals surface area contributed by atoms with E-state index in [1.165, 1.54) is 0 Å². The summed E-state index contributed by atoms with van der Waals surface area (Å²) in [4.78, 5) is 43.5. The third-order valence-corrected chi connectivity index (χ3v) is 7.63. The molecule has 0 aliphatic carbocycles. The maximum atomic E-state index is 11.9. The number of nitrogen functional groups attached to an aromatic ring is 2. The van der Waals surface area contributed by atoms with Crippen molar-refractivity contribution in [3.8, 4) is 0 Å². The molecule has 0 bridgehead atoms. The molecule has 1 aliphatic heterocycles. The lowest BCUT2D eigenvalue weighted by Crippen LogP contribution is -2.21. The number of aliphatic hydroxyl groups excluding tert-OH is 1. The summed E-state index contributed by atoms with van der Waals surface area (Å²) < 4.78 is 47.9. The van der Waals surface area contributed by atoms with Gasteiger partial charge in [-0.2, -0.15) is 19.0 Å². The van der Waals surface area contributed by atoms with Gasteiger partial charge in [0.1, 0.15) is 6.10 Å². The van der Waals surface area contributed by atoms with Crippen LogP contribution in [0.2, 0.25) is 0 Å². The summed E-state index contributed by atoms with van der Waals surface area (Å²) in [5, 5.41) is 17.8. The molecule has 3 heterocycles. The molecule has 5 atom stereocenters. The van der Waals surface area contributed by atoms with Crippen molar-refractivity contribution in [2.45, 2.75) is 24.9 Å². The molecule has 1 aliphatic rings. The number of aromatic nitrogens is 5. The summed E-state index contributed by atoms with van der Waals surface area (Å²) in [5.41, 5.74) is 11.4. The van der Waals surface area contributed by atoms with Crippen LogP contribution in [0.5, 0.6) is 0 Å². The van der Waals surface area contributed by atoms with Gasteiger partial charge in [-0.1, -0.05) is 5.21 Å². The van der Waals surface area contributed by atoms with Crippen LogP contribution in [0.4, 0.5) is 11.8 Å². The first-order chi connectivity index (χ1) is 14.2. The van der Waals surface area contributed by atoms with Crippen LogP contribution in [0.1, 0.15) is 12.6 Å². The minimum Gasteiger partial charge on any atom is -0.388 e. The van der Waals surface area contributed by atoms with E-state index in [9.17, 15) is 23.7 Å². The SMILES string of the molecule is Nc1nc(N)c2nnn([C@@H]3O[C@H](C=CP(=O)(O)OP(=O)(O)OP(=O)(O)O)C[C@H]3O)c2n1. The summed E-state index contributed by atoms with van der Waals surface area (Å²) in [6.07, 6.45) is -2.56. The summed E-state index contributed by atoms with van der Waals surface area (Å²) >= 11 is 0. The van der Waals surface area contributed by atoms with Gasteiger partial charge in [0.15, 0.2) is 23.2 Å². The summed E-state index contributed by atoms with van der Waals surface area (Å²) in [7, 11) is -16.1. The van der Waals surface area contributed by atoms with Crippen molar-refractivity contribution in [3.63, 3.8) is 0 Å². The van der Waals surface area contributed by atoms with Gasteiger partial charge in [0.25, 0.3) is 0 Å². The molecule has 0 aromatic carbocycles. The normalized spacial score (nSPS) is 26.3. The highest BCUT2D eigenvalue weighted by molar-refractivity contribution is 7.69. The largest absolute Gasteiger partial charge is 0.488 e. The Morgan fingerprint density at radius 1 is 1.13 bits per heavy atom. The molecule has 18 nitrogen and oxygen atoms in total. The van der Waals surface area contributed by atoms with Gasteiger partial charge in [0.05, 0.1) is 6.10 Å². The van der Waals surface area contributed by atoms with Gasteiger partial charge in [-0.3, -0.25) is 4.57 Å². The van der Waals surface area contributed by atoms with E-state index >= 15 is 0 Å². The molecule has 0 radical (unpaired) electrons. The number of fused-ring (bicyclic) bond motifs is 1. The first kappa shape index (κ1) is 23.8. The Labute approximate surface area is 171 Å². The monoisotopic (exact) mass is 503 g/mol. The molecule has 2 unspecified atom stereocenters. The van der Waals surface area contributed by atoms with Crippen molar-refractivity contribution in [1.29, 1.82) is 0 Å². The molecule has 0 amide bonds. The van der Waals surface area contributed by atoms with Gasteiger partial charge in [0, 0.05) is 12.2 Å². The predicted octanol–water partition coefficient (Wildman–Crippen LogP) is -1.04. The number of ether oxygens (including phenoxy) is 1. The van der Waals surface area contributed by atoms with Crippen LogP contribution in [0, 0.1) is 0 Å². The summed E-state index contributed by atoms with van der Waals surface area (Å²) in [5.74, 6) is 0.194. The minimum atomic E-state index is -5.58. The minimum absolute atomic E-state index is 0.0537. The van der Waals surface area contributed by atoms with E-state index in [-0.39, 0.29) is 29.4 Å². The van der Waals surface area contributed by atoms with Crippen LogP contribution in [0.3, 0.4) is 0 Å². The van der Waals surface area contributed by atoms with Crippen molar-refractivity contribution in [1.82, 2.24) is 25.0 Å². The molecule has 3 rings (SSSR count). The molecule has 2 aromatic heterocycles. The summed E-state index contributed by atoms with van der Waals surface area (Å²) in [6, 6.07) is 0. The standard InChI is InChI=1S/C10H16N7O11P3/c11-7-6-8(14-10(12)13-7)17(16-15-6)9-5(18)3-4(26-9)1-2-29(19,20)27-31(24,25)28-30(21,22)23/h1-2,4-5,9,18H,3H2,(H,19,20)(H,24,25)(H2,21,22,23)(H4,11,12,13,14)/t4-,5-,9-/m1/s1. The Kier molecular flexibility index (Phi) is 6.36. The predicted molar refractivity (Wildman–Crippen MR) is 99.5 cm³/mol. The Bertz CT molecular complexity index is 1160. The van der Waals surface area contributed by atoms with Crippen molar-refractivity contribution in [2.75, 3.05) is 11.5 Å². The second-order valence-corrected chi connectivity index (χ2v) is 10.7. The quantitative estimate of drug-likeness (QED) is 0.222. The van der Waals surface area contributed by atoms with E-state index in [2.05, 4.69) is 28.9 Å². The van der Waals surface area contributed by atoms with Gasteiger partial charge in [0.2, 0.25) is 5.95 Å². The van der Waals surface area contributed by atoms with Crippen molar-refractivity contribution in [3.05, 3.63) is 11.9 Å². The number of nitrogens with two attached hydrogens (primary N) is 2. The molecule has 31 heavy (non-hydrogen) atoms. The van der Waals surface area contributed by atoms with E-state index in [0.717, 1.165) is 10.8 Å². The van der Waals surface area contributed by atoms with Crippen LogP contribution in [0.25, 0.3) is 11.2 Å². The highest BCUT2D eigenvalue weighted by atomic mass is 31.3. The zero-order chi connectivity index (χ0) is 23.2. The average molecular weight is 503 g/mol. The van der Waals surface area contributed by atoms with Crippen LogP contribution in [-0.2, 0) is 27.1 Å². The number of hydrogen-bond donors (Lipinski definition) is 7.